The van der Waals surface area contributed by atoms with Gasteiger partial charge in [0.1, 0.15) is 11.6 Å². The molecule has 0 saturated carbocycles. The molecule has 0 N–H and O–H groups in total. The predicted octanol–water partition coefficient (Wildman–Crippen LogP) is 3.94. The molecule has 0 radical (unpaired) electrons. The standard InChI is InChI=1S/C18H20N4O/c1-5-17-19-12(2)11-18(20-17)23-16-8-6-15(7-9-16)22-14(4)10-13(3)21-22/h6-11H,5H2,1-4H3. The molecule has 3 rings (SSSR count). The van der Waals surface area contributed by atoms with Crippen molar-refractivity contribution in [3.05, 3.63) is 59.3 Å². The summed E-state index contributed by atoms with van der Waals surface area (Å²) in [4.78, 5) is 8.75. The monoisotopic (exact) mass is 308 g/mol. The lowest BCUT2D eigenvalue weighted by Crippen LogP contribution is -2.00. The molecule has 23 heavy (non-hydrogen) atoms. The van der Waals surface area contributed by atoms with E-state index in [-0.39, 0.29) is 0 Å². The third-order valence-electron chi connectivity index (χ3n) is 3.51. The summed E-state index contributed by atoms with van der Waals surface area (Å²) in [5, 5.41) is 4.48. The summed E-state index contributed by atoms with van der Waals surface area (Å²) in [6.07, 6.45) is 0.787. The number of hydrogen-bond donors (Lipinski definition) is 0. The van der Waals surface area contributed by atoms with Crippen LogP contribution in [-0.4, -0.2) is 19.7 Å². The second-order valence-corrected chi connectivity index (χ2v) is 5.55. The van der Waals surface area contributed by atoms with Crippen molar-refractivity contribution in [1.82, 2.24) is 19.7 Å². The lowest BCUT2D eigenvalue weighted by atomic mass is 10.3. The summed E-state index contributed by atoms with van der Waals surface area (Å²) < 4.78 is 7.77. The van der Waals surface area contributed by atoms with Crippen LogP contribution in [0.4, 0.5) is 0 Å². The summed E-state index contributed by atoms with van der Waals surface area (Å²) in [7, 11) is 0. The maximum atomic E-state index is 5.85. The van der Waals surface area contributed by atoms with E-state index in [0.717, 1.165) is 40.8 Å². The summed E-state index contributed by atoms with van der Waals surface area (Å²) in [5.41, 5.74) is 4.03. The molecule has 0 spiro atoms. The second kappa shape index (κ2) is 6.20. The topological polar surface area (TPSA) is 52.8 Å². The molecule has 0 aliphatic rings. The van der Waals surface area contributed by atoms with E-state index in [0.29, 0.717) is 5.88 Å². The Kier molecular flexibility index (Phi) is 4.10. The van der Waals surface area contributed by atoms with Gasteiger partial charge in [0.05, 0.1) is 11.4 Å². The first kappa shape index (κ1) is 15.2. The first-order valence-electron chi connectivity index (χ1n) is 7.71. The van der Waals surface area contributed by atoms with Gasteiger partial charge in [-0.1, -0.05) is 6.92 Å². The summed E-state index contributed by atoms with van der Waals surface area (Å²) >= 11 is 0. The van der Waals surface area contributed by atoms with E-state index in [4.69, 9.17) is 4.74 Å². The zero-order chi connectivity index (χ0) is 16.4. The Morgan fingerprint density at radius 3 is 2.30 bits per heavy atom. The van der Waals surface area contributed by atoms with Gasteiger partial charge < -0.3 is 4.74 Å². The molecule has 3 aromatic rings. The minimum Gasteiger partial charge on any atom is -0.439 e. The molecule has 0 saturated heterocycles. The highest BCUT2D eigenvalue weighted by Gasteiger charge is 2.06. The fourth-order valence-electron chi connectivity index (χ4n) is 2.48. The minimum absolute atomic E-state index is 0.577. The third-order valence-corrected chi connectivity index (χ3v) is 3.51. The first-order chi connectivity index (χ1) is 11.0. The number of nitrogens with zero attached hydrogens (tertiary/aromatic N) is 4. The van der Waals surface area contributed by atoms with Gasteiger partial charge in [0.25, 0.3) is 0 Å². The van der Waals surface area contributed by atoms with Crippen molar-refractivity contribution in [2.45, 2.75) is 34.1 Å². The maximum absolute atomic E-state index is 5.85. The van der Waals surface area contributed by atoms with Crippen LogP contribution in [0.2, 0.25) is 0 Å². The van der Waals surface area contributed by atoms with E-state index in [9.17, 15) is 0 Å². The average molecular weight is 308 g/mol. The highest BCUT2D eigenvalue weighted by molar-refractivity contribution is 5.39. The van der Waals surface area contributed by atoms with Crippen molar-refractivity contribution >= 4 is 0 Å². The van der Waals surface area contributed by atoms with Crippen molar-refractivity contribution in [2.75, 3.05) is 0 Å². The highest BCUT2D eigenvalue weighted by Crippen LogP contribution is 2.22. The Hall–Kier alpha value is -2.69. The van der Waals surface area contributed by atoms with E-state index in [2.05, 4.69) is 21.1 Å². The Balaban J connectivity index is 1.83. The zero-order valence-electron chi connectivity index (χ0n) is 13.9. The van der Waals surface area contributed by atoms with Crippen LogP contribution < -0.4 is 4.74 Å². The molecule has 0 unspecified atom stereocenters. The molecule has 0 amide bonds. The predicted molar refractivity (Wildman–Crippen MR) is 89.3 cm³/mol. The summed E-state index contributed by atoms with van der Waals surface area (Å²) in [6.45, 7) is 8.01. The van der Waals surface area contributed by atoms with Crippen molar-refractivity contribution < 1.29 is 4.74 Å². The molecular formula is C18H20N4O. The van der Waals surface area contributed by atoms with Gasteiger partial charge in [0.15, 0.2) is 0 Å². The van der Waals surface area contributed by atoms with Crippen LogP contribution in [0.25, 0.3) is 5.69 Å². The normalized spacial score (nSPS) is 10.8. The molecule has 5 nitrogen and oxygen atoms in total. The molecule has 1 aromatic carbocycles. The number of aryl methyl sites for hydroxylation is 4. The Morgan fingerprint density at radius 1 is 0.957 bits per heavy atom. The second-order valence-electron chi connectivity index (χ2n) is 5.55. The van der Waals surface area contributed by atoms with E-state index >= 15 is 0 Å². The van der Waals surface area contributed by atoms with Gasteiger partial charge in [-0.25, -0.2) is 9.67 Å². The molecule has 0 aliphatic heterocycles. The quantitative estimate of drug-likeness (QED) is 0.732. The maximum Gasteiger partial charge on any atom is 0.222 e. The molecule has 0 bridgehead atoms. The molecule has 0 atom stereocenters. The van der Waals surface area contributed by atoms with Gasteiger partial charge in [-0.2, -0.15) is 10.1 Å². The number of ether oxygens (including phenoxy) is 1. The van der Waals surface area contributed by atoms with Crippen molar-refractivity contribution in [3.8, 4) is 17.3 Å². The van der Waals surface area contributed by atoms with Crippen molar-refractivity contribution in [1.29, 1.82) is 0 Å². The minimum atomic E-state index is 0.577. The van der Waals surface area contributed by atoms with Crippen molar-refractivity contribution in [2.24, 2.45) is 0 Å². The smallest absolute Gasteiger partial charge is 0.222 e. The SMILES string of the molecule is CCc1nc(C)cc(Oc2ccc(-n3nc(C)cc3C)cc2)n1. The fourth-order valence-corrected chi connectivity index (χ4v) is 2.48. The van der Waals surface area contributed by atoms with Gasteiger partial charge in [-0.15, -0.1) is 0 Å². The third kappa shape index (κ3) is 3.39. The lowest BCUT2D eigenvalue weighted by Gasteiger charge is -2.09. The molecule has 5 heteroatoms. The summed E-state index contributed by atoms with van der Waals surface area (Å²) in [6, 6.07) is 11.7. The van der Waals surface area contributed by atoms with Crippen molar-refractivity contribution in [3.63, 3.8) is 0 Å². The number of aromatic nitrogens is 4. The van der Waals surface area contributed by atoms with Crippen LogP contribution in [0.5, 0.6) is 11.6 Å². The fraction of sp³-hybridized carbons (Fsp3) is 0.278. The van der Waals surface area contributed by atoms with E-state index in [1.54, 1.807) is 0 Å². The van der Waals surface area contributed by atoms with E-state index in [1.807, 2.05) is 62.7 Å². The number of hydrogen-bond acceptors (Lipinski definition) is 4. The Labute approximate surface area is 136 Å². The highest BCUT2D eigenvalue weighted by atomic mass is 16.5. The largest absolute Gasteiger partial charge is 0.439 e. The van der Waals surface area contributed by atoms with Gasteiger partial charge in [0.2, 0.25) is 5.88 Å². The lowest BCUT2D eigenvalue weighted by molar-refractivity contribution is 0.458. The van der Waals surface area contributed by atoms with E-state index in [1.165, 1.54) is 0 Å². The molecule has 0 fully saturated rings. The zero-order valence-corrected chi connectivity index (χ0v) is 13.9. The molecule has 118 valence electrons. The molecule has 0 aliphatic carbocycles. The van der Waals surface area contributed by atoms with Crippen LogP contribution in [-0.2, 0) is 6.42 Å². The molecule has 2 heterocycles. The van der Waals surface area contributed by atoms with Crippen LogP contribution in [0.3, 0.4) is 0 Å². The van der Waals surface area contributed by atoms with Crippen LogP contribution >= 0.6 is 0 Å². The number of rotatable bonds is 4. The summed E-state index contributed by atoms with van der Waals surface area (Å²) in [5.74, 6) is 2.11. The van der Waals surface area contributed by atoms with Crippen LogP contribution in [0, 0.1) is 20.8 Å². The number of benzene rings is 1. The Morgan fingerprint density at radius 2 is 1.70 bits per heavy atom. The van der Waals surface area contributed by atoms with Crippen LogP contribution in [0.1, 0.15) is 29.8 Å². The Bertz CT molecular complexity index is 822. The first-order valence-corrected chi connectivity index (χ1v) is 7.71. The van der Waals surface area contributed by atoms with Gasteiger partial charge in [-0.05, 0) is 51.1 Å². The van der Waals surface area contributed by atoms with Gasteiger partial charge in [-0.3, -0.25) is 0 Å². The average Bonchev–Trinajstić information content (AvgIpc) is 2.86. The van der Waals surface area contributed by atoms with Gasteiger partial charge in [0, 0.05) is 23.9 Å². The van der Waals surface area contributed by atoms with E-state index < -0.39 is 0 Å². The molecule has 2 aromatic heterocycles. The molecular weight excluding hydrogens is 288 g/mol. The van der Waals surface area contributed by atoms with Gasteiger partial charge >= 0.3 is 0 Å². The van der Waals surface area contributed by atoms with Crippen LogP contribution in [0.15, 0.2) is 36.4 Å².